The number of nitrogens with one attached hydrogen (secondary N) is 2. The highest BCUT2D eigenvalue weighted by atomic mass is 19.1. The summed E-state index contributed by atoms with van der Waals surface area (Å²) < 4.78 is 13.5. The third-order valence-corrected chi connectivity index (χ3v) is 6.79. The molecular formula is C29H27FN4O3. The van der Waals surface area contributed by atoms with E-state index in [0.29, 0.717) is 23.3 Å². The number of amides is 4. The summed E-state index contributed by atoms with van der Waals surface area (Å²) in [6.45, 7) is -0.0139. The minimum Gasteiger partial charge on any atom is -0.347 e. The minimum atomic E-state index is -0.713. The largest absolute Gasteiger partial charge is 0.347 e. The van der Waals surface area contributed by atoms with Gasteiger partial charge in [0.2, 0.25) is 5.91 Å². The minimum absolute atomic E-state index is 0.137. The van der Waals surface area contributed by atoms with Gasteiger partial charge in [-0.1, -0.05) is 72.8 Å². The van der Waals surface area contributed by atoms with Crippen LogP contribution in [0.5, 0.6) is 0 Å². The summed E-state index contributed by atoms with van der Waals surface area (Å²) in [4.78, 5) is 42.1. The van der Waals surface area contributed by atoms with Gasteiger partial charge in [0.1, 0.15) is 12.4 Å². The van der Waals surface area contributed by atoms with Crippen LogP contribution in [0.2, 0.25) is 0 Å². The van der Waals surface area contributed by atoms with Gasteiger partial charge in [-0.25, -0.2) is 9.18 Å². The van der Waals surface area contributed by atoms with E-state index in [0.717, 1.165) is 11.1 Å². The molecule has 2 aliphatic heterocycles. The molecule has 2 aliphatic rings. The summed E-state index contributed by atoms with van der Waals surface area (Å²) in [5.41, 5.74) is 3.59. The van der Waals surface area contributed by atoms with E-state index in [-0.39, 0.29) is 37.0 Å². The van der Waals surface area contributed by atoms with Crippen molar-refractivity contribution in [2.24, 2.45) is 0 Å². The van der Waals surface area contributed by atoms with Crippen LogP contribution in [0.15, 0.2) is 96.2 Å². The number of carbonyl (C=O) groups is 3. The Morgan fingerprint density at radius 1 is 1.00 bits per heavy atom. The number of halogens is 1. The molecule has 3 aromatic rings. The van der Waals surface area contributed by atoms with Crippen molar-refractivity contribution in [3.05, 3.63) is 119 Å². The maximum atomic E-state index is 13.5. The third-order valence-electron chi connectivity index (χ3n) is 6.79. The van der Waals surface area contributed by atoms with Crippen molar-refractivity contribution in [2.45, 2.75) is 18.5 Å². The van der Waals surface area contributed by atoms with E-state index in [1.54, 1.807) is 19.2 Å². The van der Waals surface area contributed by atoms with E-state index in [2.05, 4.69) is 10.6 Å². The highest BCUT2D eigenvalue weighted by molar-refractivity contribution is 6.03. The summed E-state index contributed by atoms with van der Waals surface area (Å²) in [6, 6.07) is 23.9. The van der Waals surface area contributed by atoms with Gasteiger partial charge >= 0.3 is 6.03 Å². The number of benzene rings is 3. The lowest BCUT2D eigenvalue weighted by atomic mass is 9.96. The van der Waals surface area contributed by atoms with Gasteiger partial charge in [-0.2, -0.15) is 0 Å². The number of rotatable bonds is 7. The molecule has 0 aliphatic carbocycles. The van der Waals surface area contributed by atoms with Gasteiger partial charge in [-0.15, -0.1) is 0 Å². The van der Waals surface area contributed by atoms with E-state index in [1.807, 2.05) is 60.7 Å². The Morgan fingerprint density at radius 2 is 1.65 bits per heavy atom. The smallest absolute Gasteiger partial charge is 0.322 e. The van der Waals surface area contributed by atoms with Crippen LogP contribution in [0.4, 0.5) is 9.18 Å². The fourth-order valence-electron chi connectivity index (χ4n) is 4.86. The number of urea groups is 1. The lowest BCUT2D eigenvalue weighted by Crippen LogP contribution is -2.45. The summed E-state index contributed by atoms with van der Waals surface area (Å²) in [6.07, 6.45) is 0.604. The average molecular weight is 499 g/mol. The van der Waals surface area contributed by atoms with Crippen molar-refractivity contribution in [1.82, 2.24) is 20.4 Å². The molecule has 0 saturated heterocycles. The molecule has 37 heavy (non-hydrogen) atoms. The van der Waals surface area contributed by atoms with Gasteiger partial charge < -0.3 is 15.5 Å². The zero-order valence-corrected chi connectivity index (χ0v) is 20.4. The molecule has 0 aromatic heterocycles. The zero-order chi connectivity index (χ0) is 25.9. The second-order valence-electron chi connectivity index (χ2n) is 9.24. The van der Waals surface area contributed by atoms with Crippen LogP contribution in [-0.4, -0.2) is 47.8 Å². The normalized spacial score (nSPS) is 17.9. The first-order chi connectivity index (χ1) is 17.9. The molecule has 3 aromatic carbocycles. The third kappa shape index (κ3) is 5.09. The molecule has 0 radical (unpaired) electrons. The standard InChI is InChI=1S/C29H27FN4O3/c1-33-24-17-34(28(36)26(24)27(32-29(33)37)21-12-14-22(30)15-13-21)18-25(35)31-23(20-10-6-3-7-11-20)16-19-8-4-2-5-9-19/h2-15,23,27H,16-18H2,1H3,(H,31,35)(H,32,37)/t23-,27-/m0/s1. The van der Waals surface area contributed by atoms with Crippen molar-refractivity contribution in [1.29, 1.82) is 0 Å². The first kappa shape index (κ1) is 24.2. The fraction of sp³-hybridized carbons (Fsp3) is 0.207. The summed E-state index contributed by atoms with van der Waals surface area (Å²) >= 11 is 0. The second-order valence-corrected chi connectivity index (χ2v) is 9.24. The molecule has 0 bridgehead atoms. The van der Waals surface area contributed by atoms with E-state index in [1.165, 1.54) is 21.9 Å². The summed E-state index contributed by atoms with van der Waals surface area (Å²) in [7, 11) is 1.59. The first-order valence-electron chi connectivity index (χ1n) is 12.1. The highest BCUT2D eigenvalue weighted by Crippen LogP contribution is 2.35. The Morgan fingerprint density at radius 3 is 2.32 bits per heavy atom. The lowest BCUT2D eigenvalue weighted by molar-refractivity contribution is -0.132. The van der Waals surface area contributed by atoms with Gasteiger partial charge in [0, 0.05) is 7.05 Å². The highest BCUT2D eigenvalue weighted by Gasteiger charge is 2.43. The van der Waals surface area contributed by atoms with Crippen molar-refractivity contribution in [3.63, 3.8) is 0 Å². The predicted molar refractivity (Wildman–Crippen MR) is 137 cm³/mol. The van der Waals surface area contributed by atoms with Crippen LogP contribution >= 0.6 is 0 Å². The Labute approximate surface area is 214 Å². The van der Waals surface area contributed by atoms with Crippen LogP contribution < -0.4 is 10.6 Å². The van der Waals surface area contributed by atoms with E-state index in [9.17, 15) is 18.8 Å². The molecule has 0 unspecified atom stereocenters. The van der Waals surface area contributed by atoms with E-state index < -0.39 is 11.9 Å². The van der Waals surface area contributed by atoms with Crippen molar-refractivity contribution in [2.75, 3.05) is 20.1 Å². The quantitative estimate of drug-likeness (QED) is 0.521. The Hall–Kier alpha value is -4.46. The van der Waals surface area contributed by atoms with Gasteiger partial charge in [0.15, 0.2) is 0 Å². The lowest BCUT2D eigenvalue weighted by Gasteiger charge is -2.31. The number of nitrogens with zero attached hydrogens (tertiary/aromatic N) is 2. The maximum Gasteiger partial charge on any atom is 0.322 e. The molecule has 0 fully saturated rings. The zero-order valence-electron chi connectivity index (χ0n) is 20.4. The number of likely N-dealkylation sites (N-methyl/N-ethyl adjacent to an activating group) is 1. The monoisotopic (exact) mass is 498 g/mol. The topological polar surface area (TPSA) is 81.8 Å². The second kappa shape index (κ2) is 10.3. The molecule has 188 valence electrons. The Kier molecular flexibility index (Phi) is 6.72. The number of carbonyl (C=O) groups excluding carboxylic acids is 3. The molecule has 2 heterocycles. The molecule has 8 heteroatoms. The van der Waals surface area contributed by atoms with E-state index >= 15 is 0 Å². The van der Waals surface area contributed by atoms with Gasteiger partial charge in [0.25, 0.3) is 5.91 Å². The first-order valence-corrected chi connectivity index (χ1v) is 12.1. The van der Waals surface area contributed by atoms with E-state index in [4.69, 9.17) is 0 Å². The fourth-order valence-corrected chi connectivity index (χ4v) is 4.86. The Balaban J connectivity index is 1.33. The van der Waals surface area contributed by atoms with Crippen LogP contribution in [0, 0.1) is 5.82 Å². The summed E-state index contributed by atoms with van der Waals surface area (Å²) in [5, 5.41) is 5.91. The summed E-state index contributed by atoms with van der Waals surface area (Å²) in [5.74, 6) is -1.03. The predicted octanol–water partition coefficient (Wildman–Crippen LogP) is 3.72. The number of hydrogen-bond donors (Lipinski definition) is 2. The van der Waals surface area contributed by atoms with Gasteiger partial charge in [-0.3, -0.25) is 14.5 Å². The molecular weight excluding hydrogens is 471 g/mol. The average Bonchev–Trinajstić information content (AvgIpc) is 3.23. The van der Waals surface area contributed by atoms with Crippen LogP contribution in [0.25, 0.3) is 0 Å². The number of hydrogen-bond acceptors (Lipinski definition) is 3. The molecule has 2 atom stereocenters. The Bertz CT molecular complexity index is 1340. The molecule has 0 saturated carbocycles. The molecule has 4 amide bonds. The van der Waals surface area contributed by atoms with Crippen LogP contribution in [-0.2, 0) is 16.0 Å². The molecule has 5 rings (SSSR count). The molecule has 0 spiro atoms. The van der Waals surface area contributed by atoms with Crippen molar-refractivity contribution >= 4 is 17.8 Å². The van der Waals surface area contributed by atoms with Crippen molar-refractivity contribution in [3.8, 4) is 0 Å². The van der Waals surface area contributed by atoms with Gasteiger partial charge in [-0.05, 0) is 35.2 Å². The maximum absolute atomic E-state index is 13.5. The van der Waals surface area contributed by atoms with Crippen LogP contribution in [0.1, 0.15) is 28.8 Å². The molecule has 2 N–H and O–H groups in total. The van der Waals surface area contributed by atoms with Crippen LogP contribution in [0.3, 0.4) is 0 Å². The molecule has 7 nitrogen and oxygen atoms in total. The van der Waals surface area contributed by atoms with Gasteiger partial charge in [0.05, 0.1) is 29.9 Å². The van der Waals surface area contributed by atoms with Crippen molar-refractivity contribution < 1.29 is 18.8 Å². The SMILES string of the molecule is CN1C(=O)N[C@@H](c2ccc(F)cc2)C2=C1CN(CC(=O)N[C@@H](Cc1ccccc1)c1ccccc1)C2=O.